The molecular formula is C18H24O5. The first kappa shape index (κ1) is 18.7. The number of carboxylic acids is 1. The van der Waals surface area contributed by atoms with Crippen LogP contribution in [0, 0.1) is 0 Å². The van der Waals surface area contributed by atoms with Gasteiger partial charge in [0.05, 0.1) is 7.11 Å². The van der Waals surface area contributed by atoms with Crippen LogP contribution in [0.5, 0.6) is 5.75 Å². The van der Waals surface area contributed by atoms with Crippen LogP contribution in [-0.4, -0.2) is 24.2 Å². The van der Waals surface area contributed by atoms with Crippen LogP contribution in [0.1, 0.15) is 56.8 Å². The van der Waals surface area contributed by atoms with Gasteiger partial charge in [0.25, 0.3) is 0 Å². The van der Waals surface area contributed by atoms with Gasteiger partial charge in [-0.05, 0) is 30.5 Å². The number of carboxylic acid groups (broad SMARTS) is 1. The second-order valence-electron chi connectivity index (χ2n) is 5.13. The normalized spacial score (nSPS) is 12.1. The van der Waals surface area contributed by atoms with Crippen LogP contribution in [0.3, 0.4) is 0 Å². The maximum Gasteiger partial charge on any atom is 0.328 e. The summed E-state index contributed by atoms with van der Waals surface area (Å²) in [5.41, 5.74) is 1.36. The van der Waals surface area contributed by atoms with Gasteiger partial charge in [0.1, 0.15) is 11.9 Å². The van der Waals surface area contributed by atoms with Crippen LogP contribution >= 0.6 is 0 Å². The standard InChI is InChI=1S/C18H24O5/c1-4-6-10-17(21)23-14(5-2)18-13(11-12-16(19)20)8-7-9-15(18)22-3/h7-9,11-12,14H,4-6,10H2,1-3H3,(H,19,20)/b12-11+. The van der Waals surface area contributed by atoms with E-state index in [1.807, 2.05) is 13.8 Å². The fourth-order valence-corrected chi connectivity index (χ4v) is 2.28. The molecule has 0 aromatic heterocycles. The Morgan fingerprint density at radius 2 is 2.04 bits per heavy atom. The van der Waals surface area contributed by atoms with E-state index in [0.29, 0.717) is 29.7 Å². The maximum absolute atomic E-state index is 11.9. The van der Waals surface area contributed by atoms with E-state index in [9.17, 15) is 9.59 Å². The molecule has 0 fully saturated rings. The minimum atomic E-state index is -1.04. The molecule has 0 spiro atoms. The topological polar surface area (TPSA) is 72.8 Å². The van der Waals surface area contributed by atoms with Crippen molar-refractivity contribution in [2.75, 3.05) is 7.11 Å². The average molecular weight is 320 g/mol. The third kappa shape index (κ3) is 5.77. The van der Waals surface area contributed by atoms with E-state index in [2.05, 4.69) is 0 Å². The number of ether oxygens (including phenoxy) is 2. The number of aliphatic carboxylic acids is 1. The third-order valence-corrected chi connectivity index (χ3v) is 3.43. The molecule has 5 heteroatoms. The summed E-state index contributed by atoms with van der Waals surface area (Å²) in [7, 11) is 1.54. The number of benzene rings is 1. The maximum atomic E-state index is 11.9. The summed E-state index contributed by atoms with van der Waals surface area (Å²) in [6.45, 7) is 3.93. The highest BCUT2D eigenvalue weighted by Gasteiger charge is 2.21. The lowest BCUT2D eigenvalue weighted by atomic mass is 9.98. The molecule has 1 atom stereocenters. The van der Waals surface area contributed by atoms with E-state index < -0.39 is 12.1 Å². The zero-order valence-corrected chi connectivity index (χ0v) is 13.9. The predicted molar refractivity (Wildman–Crippen MR) is 88.3 cm³/mol. The highest BCUT2D eigenvalue weighted by Crippen LogP contribution is 2.34. The number of methoxy groups -OCH3 is 1. The van der Waals surface area contributed by atoms with Crippen molar-refractivity contribution in [1.29, 1.82) is 0 Å². The molecule has 1 rings (SSSR count). The Morgan fingerprint density at radius 1 is 1.30 bits per heavy atom. The van der Waals surface area contributed by atoms with Crippen molar-refractivity contribution < 1.29 is 24.2 Å². The molecule has 0 aliphatic rings. The van der Waals surface area contributed by atoms with Gasteiger partial charge in [0.15, 0.2) is 0 Å². The van der Waals surface area contributed by atoms with Gasteiger partial charge in [0, 0.05) is 18.1 Å². The Hall–Kier alpha value is -2.30. The molecular weight excluding hydrogens is 296 g/mol. The Labute approximate surface area is 136 Å². The molecule has 1 N–H and O–H groups in total. The zero-order chi connectivity index (χ0) is 17.2. The SMILES string of the molecule is CCCCC(=O)OC(CC)c1c(/C=C/C(=O)O)cccc1OC. The van der Waals surface area contributed by atoms with Gasteiger partial charge in [-0.1, -0.05) is 32.4 Å². The highest BCUT2D eigenvalue weighted by molar-refractivity contribution is 5.85. The minimum absolute atomic E-state index is 0.252. The van der Waals surface area contributed by atoms with Crippen molar-refractivity contribution in [3.05, 3.63) is 35.4 Å². The highest BCUT2D eigenvalue weighted by atomic mass is 16.5. The van der Waals surface area contributed by atoms with E-state index >= 15 is 0 Å². The number of carbonyl (C=O) groups excluding carboxylic acids is 1. The second-order valence-corrected chi connectivity index (χ2v) is 5.13. The van der Waals surface area contributed by atoms with Crippen molar-refractivity contribution in [2.45, 2.75) is 45.6 Å². The van der Waals surface area contributed by atoms with Crippen LogP contribution in [0.15, 0.2) is 24.3 Å². The average Bonchev–Trinajstić information content (AvgIpc) is 2.55. The molecule has 1 unspecified atom stereocenters. The molecule has 1 aromatic carbocycles. The van der Waals surface area contributed by atoms with Gasteiger partial charge in [-0.3, -0.25) is 4.79 Å². The molecule has 23 heavy (non-hydrogen) atoms. The smallest absolute Gasteiger partial charge is 0.328 e. The summed E-state index contributed by atoms with van der Waals surface area (Å²) < 4.78 is 10.9. The number of esters is 1. The lowest BCUT2D eigenvalue weighted by Crippen LogP contribution is -2.13. The van der Waals surface area contributed by atoms with E-state index in [1.165, 1.54) is 13.2 Å². The van der Waals surface area contributed by atoms with Crippen molar-refractivity contribution in [3.8, 4) is 5.75 Å². The van der Waals surface area contributed by atoms with E-state index in [1.54, 1.807) is 18.2 Å². The second kappa shape index (κ2) is 9.66. The summed E-state index contributed by atoms with van der Waals surface area (Å²) in [4.78, 5) is 22.7. The predicted octanol–water partition coefficient (Wildman–Crippen LogP) is 3.98. The van der Waals surface area contributed by atoms with Crippen molar-refractivity contribution in [1.82, 2.24) is 0 Å². The summed E-state index contributed by atoms with van der Waals surface area (Å²) in [6, 6.07) is 5.32. The van der Waals surface area contributed by atoms with Gasteiger partial charge in [-0.25, -0.2) is 4.79 Å². The summed E-state index contributed by atoms with van der Waals surface area (Å²) in [5.74, 6) is -0.711. The molecule has 0 radical (unpaired) electrons. The molecule has 0 aliphatic carbocycles. The first-order valence-corrected chi connectivity index (χ1v) is 7.80. The van der Waals surface area contributed by atoms with Crippen molar-refractivity contribution >= 4 is 18.0 Å². The van der Waals surface area contributed by atoms with Crippen LogP contribution < -0.4 is 4.74 Å². The molecule has 0 saturated carbocycles. The first-order chi connectivity index (χ1) is 11.0. The number of hydrogen-bond acceptors (Lipinski definition) is 4. The Kier molecular flexibility index (Phi) is 7.88. The summed E-state index contributed by atoms with van der Waals surface area (Å²) in [6.07, 6.45) is 4.74. The first-order valence-electron chi connectivity index (χ1n) is 7.80. The molecule has 126 valence electrons. The molecule has 0 bridgehead atoms. The minimum Gasteiger partial charge on any atom is -0.496 e. The zero-order valence-electron chi connectivity index (χ0n) is 13.9. The fourth-order valence-electron chi connectivity index (χ4n) is 2.28. The van der Waals surface area contributed by atoms with E-state index in [0.717, 1.165) is 18.9 Å². The van der Waals surface area contributed by atoms with E-state index in [4.69, 9.17) is 14.6 Å². The molecule has 1 aromatic rings. The number of hydrogen-bond donors (Lipinski definition) is 1. The molecule has 5 nitrogen and oxygen atoms in total. The number of rotatable bonds is 9. The molecule has 0 amide bonds. The number of unbranched alkanes of at least 4 members (excludes halogenated alkanes) is 1. The lowest BCUT2D eigenvalue weighted by molar-refractivity contribution is -0.149. The van der Waals surface area contributed by atoms with Crippen LogP contribution in [-0.2, 0) is 14.3 Å². The van der Waals surface area contributed by atoms with E-state index in [-0.39, 0.29) is 5.97 Å². The summed E-state index contributed by atoms with van der Waals surface area (Å²) >= 11 is 0. The fraction of sp³-hybridized carbons (Fsp3) is 0.444. The van der Waals surface area contributed by atoms with Gasteiger partial charge in [-0.15, -0.1) is 0 Å². The Balaban J connectivity index is 3.13. The molecule has 0 heterocycles. The molecule has 0 saturated heterocycles. The largest absolute Gasteiger partial charge is 0.496 e. The van der Waals surface area contributed by atoms with Gasteiger partial charge in [-0.2, -0.15) is 0 Å². The molecule has 0 aliphatic heterocycles. The van der Waals surface area contributed by atoms with Gasteiger partial charge in [0.2, 0.25) is 0 Å². The quantitative estimate of drug-likeness (QED) is 0.550. The lowest BCUT2D eigenvalue weighted by Gasteiger charge is -2.21. The monoisotopic (exact) mass is 320 g/mol. The van der Waals surface area contributed by atoms with Gasteiger partial charge < -0.3 is 14.6 Å². The van der Waals surface area contributed by atoms with Crippen molar-refractivity contribution in [2.24, 2.45) is 0 Å². The Morgan fingerprint density at radius 3 is 2.61 bits per heavy atom. The van der Waals surface area contributed by atoms with Crippen LogP contribution in [0.25, 0.3) is 6.08 Å². The van der Waals surface area contributed by atoms with Crippen LogP contribution in [0.4, 0.5) is 0 Å². The Bertz CT molecular complexity index is 563. The number of carbonyl (C=O) groups is 2. The van der Waals surface area contributed by atoms with Gasteiger partial charge >= 0.3 is 11.9 Å². The van der Waals surface area contributed by atoms with Crippen molar-refractivity contribution in [3.63, 3.8) is 0 Å². The summed E-state index contributed by atoms with van der Waals surface area (Å²) in [5, 5.41) is 8.83. The van der Waals surface area contributed by atoms with Crippen LogP contribution in [0.2, 0.25) is 0 Å². The third-order valence-electron chi connectivity index (χ3n) is 3.43.